The molecule has 7 nitrogen and oxygen atoms in total. The van der Waals surface area contributed by atoms with E-state index in [2.05, 4.69) is 5.32 Å². The van der Waals surface area contributed by atoms with E-state index in [-0.39, 0.29) is 12.5 Å². The number of ether oxygens (including phenoxy) is 1. The molecule has 1 aliphatic heterocycles. The average molecular weight is 421 g/mol. The molecular formula is C22H19N3O4S. The molecule has 1 fully saturated rings. The van der Waals surface area contributed by atoms with E-state index in [1.807, 2.05) is 35.7 Å². The number of amides is 3. The lowest BCUT2D eigenvalue weighted by atomic mass is 10.0. The van der Waals surface area contributed by atoms with Gasteiger partial charge in [-0.05, 0) is 34.7 Å². The van der Waals surface area contributed by atoms with Gasteiger partial charge >= 0.3 is 6.09 Å². The van der Waals surface area contributed by atoms with Gasteiger partial charge in [0.1, 0.15) is 0 Å². The Morgan fingerprint density at radius 3 is 2.57 bits per heavy atom. The minimum absolute atomic E-state index is 0.207. The summed E-state index contributed by atoms with van der Waals surface area (Å²) in [7, 11) is 0. The molecule has 0 radical (unpaired) electrons. The second kappa shape index (κ2) is 8.38. The summed E-state index contributed by atoms with van der Waals surface area (Å²) in [6.45, 7) is 0.207. The van der Waals surface area contributed by atoms with Crippen molar-refractivity contribution < 1.29 is 19.1 Å². The Hall–Kier alpha value is -3.65. The average Bonchev–Trinajstić information content (AvgIpc) is 3.38. The van der Waals surface area contributed by atoms with E-state index in [9.17, 15) is 14.4 Å². The van der Waals surface area contributed by atoms with E-state index in [4.69, 9.17) is 10.5 Å². The van der Waals surface area contributed by atoms with Gasteiger partial charge in [0, 0.05) is 5.69 Å². The number of anilines is 1. The number of nitrogens with zero attached hydrogens (tertiary/aromatic N) is 1. The number of hydrogen-bond donors (Lipinski definition) is 2. The van der Waals surface area contributed by atoms with Gasteiger partial charge in [-0.1, -0.05) is 48.5 Å². The quantitative estimate of drug-likeness (QED) is 0.635. The summed E-state index contributed by atoms with van der Waals surface area (Å²) in [5.74, 6) is -0.891. The van der Waals surface area contributed by atoms with Gasteiger partial charge in [-0.3, -0.25) is 14.5 Å². The molecule has 0 aliphatic carbocycles. The van der Waals surface area contributed by atoms with Crippen molar-refractivity contribution in [3.05, 3.63) is 88.1 Å². The Labute approximate surface area is 177 Å². The number of nitrogens with two attached hydrogens (primary N) is 1. The molecule has 4 rings (SSSR count). The highest BCUT2D eigenvalue weighted by molar-refractivity contribution is 7.12. The number of hydrogen-bond acceptors (Lipinski definition) is 5. The molecule has 0 spiro atoms. The van der Waals surface area contributed by atoms with Crippen LogP contribution in [0.3, 0.4) is 0 Å². The molecule has 2 atom stereocenters. The molecule has 3 amide bonds. The maximum atomic E-state index is 12.5. The molecule has 1 aromatic heterocycles. The molecule has 3 aromatic rings. The summed E-state index contributed by atoms with van der Waals surface area (Å²) >= 11 is 1.34. The van der Waals surface area contributed by atoms with Gasteiger partial charge in [-0.15, -0.1) is 11.3 Å². The Balaban J connectivity index is 1.57. The van der Waals surface area contributed by atoms with E-state index in [1.54, 1.807) is 36.4 Å². The maximum Gasteiger partial charge on any atom is 0.411 e. The SMILES string of the molecule is NC(=O)[C@H]1[C@@H](c2cccc(NC(=O)c3cccs3)c2)OC(=O)N1Cc1ccccc1. The van der Waals surface area contributed by atoms with Crippen LogP contribution >= 0.6 is 11.3 Å². The molecule has 0 saturated carbocycles. The second-order valence-electron chi connectivity index (χ2n) is 6.82. The fourth-order valence-corrected chi connectivity index (χ4v) is 4.03. The third-order valence-electron chi connectivity index (χ3n) is 4.79. The predicted molar refractivity (Wildman–Crippen MR) is 113 cm³/mol. The molecule has 0 unspecified atom stereocenters. The topological polar surface area (TPSA) is 102 Å². The zero-order chi connectivity index (χ0) is 21.1. The summed E-state index contributed by atoms with van der Waals surface area (Å²) in [6.07, 6.45) is -1.47. The number of thiophene rings is 1. The minimum atomic E-state index is -0.957. The van der Waals surface area contributed by atoms with Crippen LogP contribution in [0.1, 0.15) is 26.9 Å². The van der Waals surface area contributed by atoms with Crippen LogP contribution in [-0.4, -0.2) is 28.8 Å². The van der Waals surface area contributed by atoms with Crippen LogP contribution in [0.4, 0.5) is 10.5 Å². The second-order valence-corrected chi connectivity index (χ2v) is 7.77. The number of carbonyl (C=O) groups excluding carboxylic acids is 3. The highest BCUT2D eigenvalue weighted by Crippen LogP contribution is 2.34. The number of nitrogens with one attached hydrogen (secondary N) is 1. The number of carbonyl (C=O) groups is 3. The highest BCUT2D eigenvalue weighted by Gasteiger charge is 2.46. The Morgan fingerprint density at radius 1 is 1.07 bits per heavy atom. The molecule has 0 bridgehead atoms. The first-order valence-electron chi connectivity index (χ1n) is 9.28. The summed E-state index contributed by atoms with van der Waals surface area (Å²) in [5.41, 5.74) is 7.60. The number of primary amides is 1. The van der Waals surface area contributed by atoms with Crippen molar-refractivity contribution in [2.45, 2.75) is 18.7 Å². The summed E-state index contributed by atoms with van der Waals surface area (Å²) < 4.78 is 5.51. The lowest BCUT2D eigenvalue weighted by Gasteiger charge is -2.22. The smallest absolute Gasteiger partial charge is 0.411 e. The first-order valence-corrected chi connectivity index (χ1v) is 10.2. The summed E-state index contributed by atoms with van der Waals surface area (Å²) in [5, 5.41) is 4.64. The maximum absolute atomic E-state index is 12.5. The van der Waals surface area contributed by atoms with E-state index in [1.165, 1.54) is 16.2 Å². The first-order chi connectivity index (χ1) is 14.5. The van der Waals surface area contributed by atoms with Crippen molar-refractivity contribution in [1.29, 1.82) is 0 Å². The van der Waals surface area contributed by atoms with Crippen molar-refractivity contribution in [2.24, 2.45) is 5.73 Å². The zero-order valence-corrected chi connectivity index (χ0v) is 16.7. The third-order valence-corrected chi connectivity index (χ3v) is 5.66. The molecule has 30 heavy (non-hydrogen) atoms. The van der Waals surface area contributed by atoms with E-state index >= 15 is 0 Å². The van der Waals surface area contributed by atoms with Crippen LogP contribution in [0, 0.1) is 0 Å². The fraction of sp³-hybridized carbons (Fsp3) is 0.136. The van der Waals surface area contributed by atoms with Crippen molar-refractivity contribution in [1.82, 2.24) is 4.90 Å². The lowest BCUT2D eigenvalue weighted by Crippen LogP contribution is -2.43. The van der Waals surface area contributed by atoms with E-state index in [0.29, 0.717) is 16.1 Å². The summed E-state index contributed by atoms with van der Waals surface area (Å²) in [4.78, 5) is 39.0. The normalized spacial score (nSPS) is 18.1. The predicted octanol–water partition coefficient (Wildman–Crippen LogP) is 3.55. The largest absolute Gasteiger partial charge is 0.438 e. The van der Waals surface area contributed by atoms with E-state index < -0.39 is 24.1 Å². The fourth-order valence-electron chi connectivity index (χ4n) is 3.41. The van der Waals surface area contributed by atoms with Gasteiger partial charge in [0.15, 0.2) is 12.1 Å². The van der Waals surface area contributed by atoms with Crippen LogP contribution in [0.2, 0.25) is 0 Å². The standard InChI is InChI=1S/C22H19N3O4S/c23-20(26)18-19(29-22(28)25(18)13-14-6-2-1-3-7-14)15-8-4-9-16(12-15)24-21(27)17-10-5-11-30-17/h1-12,18-19H,13H2,(H2,23,26)(H,24,27)/t18-,19-/m1/s1. The Kier molecular flexibility index (Phi) is 5.49. The first kappa shape index (κ1) is 19.7. The number of benzene rings is 2. The van der Waals surface area contributed by atoms with Crippen molar-refractivity contribution >= 4 is 34.9 Å². The summed E-state index contributed by atoms with van der Waals surface area (Å²) in [6, 6.07) is 18.8. The van der Waals surface area contributed by atoms with E-state index in [0.717, 1.165) is 5.56 Å². The van der Waals surface area contributed by atoms with Crippen molar-refractivity contribution in [3.8, 4) is 0 Å². The van der Waals surface area contributed by atoms with Crippen LogP contribution in [-0.2, 0) is 16.1 Å². The molecule has 8 heteroatoms. The number of cyclic esters (lactones) is 1. The van der Waals surface area contributed by atoms with Crippen LogP contribution in [0.5, 0.6) is 0 Å². The molecule has 2 aromatic carbocycles. The van der Waals surface area contributed by atoms with Gasteiger partial charge < -0.3 is 15.8 Å². The molecule has 1 aliphatic rings. The number of rotatable bonds is 6. The van der Waals surface area contributed by atoms with Crippen LogP contribution in [0.15, 0.2) is 72.1 Å². The molecule has 152 valence electrons. The molecule has 2 heterocycles. The molecule has 3 N–H and O–H groups in total. The van der Waals surface area contributed by atoms with Crippen molar-refractivity contribution in [2.75, 3.05) is 5.32 Å². The van der Waals surface area contributed by atoms with Crippen LogP contribution < -0.4 is 11.1 Å². The van der Waals surface area contributed by atoms with Gasteiger partial charge in [0.05, 0.1) is 11.4 Å². The van der Waals surface area contributed by atoms with Crippen molar-refractivity contribution in [3.63, 3.8) is 0 Å². The Morgan fingerprint density at radius 2 is 1.87 bits per heavy atom. The lowest BCUT2D eigenvalue weighted by molar-refractivity contribution is -0.123. The molecular weight excluding hydrogens is 402 g/mol. The van der Waals surface area contributed by atoms with Crippen LogP contribution in [0.25, 0.3) is 0 Å². The Bertz CT molecular complexity index is 1070. The van der Waals surface area contributed by atoms with Gasteiger partial charge in [0.2, 0.25) is 5.91 Å². The third kappa shape index (κ3) is 4.04. The zero-order valence-electron chi connectivity index (χ0n) is 15.9. The van der Waals surface area contributed by atoms with Gasteiger partial charge in [-0.2, -0.15) is 0 Å². The minimum Gasteiger partial charge on any atom is -0.438 e. The van der Waals surface area contributed by atoms with Gasteiger partial charge in [-0.25, -0.2) is 4.79 Å². The van der Waals surface area contributed by atoms with Gasteiger partial charge in [0.25, 0.3) is 5.91 Å². The molecule has 1 saturated heterocycles. The monoisotopic (exact) mass is 421 g/mol. The highest BCUT2D eigenvalue weighted by atomic mass is 32.1.